The number of nitrogens with one attached hydrogen (secondary N) is 1. The summed E-state index contributed by atoms with van der Waals surface area (Å²) in [4.78, 5) is 0. The molecule has 0 aromatic heterocycles. The molecule has 1 unspecified atom stereocenters. The van der Waals surface area contributed by atoms with Crippen LogP contribution in [0.5, 0.6) is 0 Å². The Hall–Kier alpha value is -1.11. The number of rotatable bonds is 6. The van der Waals surface area contributed by atoms with Crippen LogP contribution in [0.4, 0.5) is 5.69 Å². The van der Waals surface area contributed by atoms with Gasteiger partial charge in [0.1, 0.15) is 0 Å². The number of hydrogen-bond acceptors (Lipinski definition) is 4. The second-order valence-electron chi connectivity index (χ2n) is 4.75. The second-order valence-corrected chi connectivity index (χ2v) is 6.52. The third-order valence-electron chi connectivity index (χ3n) is 3.09. The summed E-state index contributed by atoms with van der Waals surface area (Å²) in [6.45, 7) is 1.25. The molecule has 1 atom stereocenters. The van der Waals surface area contributed by atoms with Gasteiger partial charge in [-0.15, -0.1) is 0 Å². The highest BCUT2D eigenvalue weighted by molar-refractivity contribution is 7.92. The fourth-order valence-electron chi connectivity index (χ4n) is 2.15. The first-order valence-electron chi connectivity index (χ1n) is 6.50. The molecule has 1 aromatic rings. The van der Waals surface area contributed by atoms with Crippen LogP contribution in [-0.4, -0.2) is 33.4 Å². The van der Waals surface area contributed by atoms with Crippen molar-refractivity contribution in [1.29, 1.82) is 0 Å². The molecule has 1 heterocycles. The Balaban J connectivity index is 1.94. The molecule has 1 aliphatic rings. The maximum absolute atomic E-state index is 12.0. The number of ether oxygens (including phenoxy) is 1. The van der Waals surface area contributed by atoms with Gasteiger partial charge in [-0.1, -0.05) is 12.1 Å². The molecule has 0 bridgehead atoms. The molecular weight excluding hydrogens is 264 g/mol. The van der Waals surface area contributed by atoms with E-state index in [1.54, 1.807) is 12.1 Å². The third-order valence-corrected chi connectivity index (χ3v) is 4.45. The summed E-state index contributed by atoms with van der Waals surface area (Å²) < 4.78 is 31.8. The van der Waals surface area contributed by atoms with Gasteiger partial charge >= 0.3 is 0 Å². The van der Waals surface area contributed by atoms with Gasteiger partial charge in [0.2, 0.25) is 10.0 Å². The van der Waals surface area contributed by atoms with Crippen LogP contribution in [-0.2, 0) is 21.2 Å². The summed E-state index contributed by atoms with van der Waals surface area (Å²) in [6.07, 6.45) is 2.38. The van der Waals surface area contributed by atoms with E-state index in [4.69, 9.17) is 10.5 Å². The zero-order chi connectivity index (χ0) is 13.7. The average Bonchev–Trinajstić information content (AvgIpc) is 2.83. The first-order valence-corrected chi connectivity index (χ1v) is 8.15. The zero-order valence-electron chi connectivity index (χ0n) is 10.8. The molecule has 1 fully saturated rings. The lowest BCUT2D eigenvalue weighted by atomic mass is 10.1. The van der Waals surface area contributed by atoms with E-state index in [2.05, 4.69) is 4.72 Å². The number of nitrogens with two attached hydrogens (primary N) is 1. The van der Waals surface area contributed by atoms with Gasteiger partial charge in [-0.25, -0.2) is 8.42 Å². The molecule has 0 saturated carbocycles. The fraction of sp³-hybridized carbons (Fsp3) is 0.538. The predicted octanol–water partition coefficient (Wildman–Crippen LogP) is 1.11. The van der Waals surface area contributed by atoms with E-state index < -0.39 is 10.0 Å². The maximum atomic E-state index is 12.0. The monoisotopic (exact) mass is 284 g/mol. The lowest BCUT2D eigenvalue weighted by molar-refractivity contribution is 0.127. The van der Waals surface area contributed by atoms with Gasteiger partial charge in [-0.3, -0.25) is 4.72 Å². The van der Waals surface area contributed by atoms with Crippen molar-refractivity contribution in [3.05, 3.63) is 29.8 Å². The lowest BCUT2D eigenvalue weighted by Gasteiger charge is -2.12. The molecule has 0 spiro atoms. The highest BCUT2D eigenvalue weighted by atomic mass is 32.2. The minimum absolute atomic E-state index is 0.0253. The summed E-state index contributed by atoms with van der Waals surface area (Å²) >= 11 is 0. The molecule has 1 aromatic carbocycles. The molecule has 19 heavy (non-hydrogen) atoms. The van der Waals surface area contributed by atoms with Crippen molar-refractivity contribution in [2.45, 2.75) is 25.4 Å². The van der Waals surface area contributed by atoms with Crippen LogP contribution in [0.3, 0.4) is 0 Å². The van der Waals surface area contributed by atoms with Crippen LogP contribution in [0.15, 0.2) is 24.3 Å². The van der Waals surface area contributed by atoms with E-state index >= 15 is 0 Å². The summed E-state index contributed by atoms with van der Waals surface area (Å²) in [6, 6.07) is 7.30. The molecule has 3 N–H and O–H groups in total. The van der Waals surface area contributed by atoms with E-state index in [0.29, 0.717) is 18.8 Å². The number of benzene rings is 1. The van der Waals surface area contributed by atoms with Crippen LogP contribution >= 0.6 is 0 Å². The Morgan fingerprint density at radius 1 is 1.32 bits per heavy atom. The van der Waals surface area contributed by atoms with Gasteiger partial charge < -0.3 is 10.5 Å². The first-order chi connectivity index (χ1) is 9.09. The third kappa shape index (κ3) is 4.49. The molecule has 0 radical (unpaired) electrons. The van der Waals surface area contributed by atoms with E-state index in [1.165, 1.54) is 0 Å². The normalized spacial score (nSPS) is 19.5. The average molecular weight is 284 g/mol. The summed E-state index contributed by atoms with van der Waals surface area (Å²) in [7, 11) is -3.34. The highest BCUT2D eigenvalue weighted by Gasteiger charge is 2.23. The summed E-state index contributed by atoms with van der Waals surface area (Å²) in [5.74, 6) is 0.0253. The van der Waals surface area contributed by atoms with Gasteiger partial charge in [-0.05, 0) is 43.5 Å². The van der Waals surface area contributed by atoms with Gasteiger partial charge in [0.15, 0.2) is 0 Å². The molecule has 0 aliphatic carbocycles. The van der Waals surface area contributed by atoms with Crippen molar-refractivity contribution in [3.8, 4) is 0 Å². The quantitative estimate of drug-likeness (QED) is 0.820. The van der Waals surface area contributed by atoms with Crippen molar-refractivity contribution in [2.24, 2.45) is 5.73 Å². The smallest absolute Gasteiger partial charge is 0.235 e. The largest absolute Gasteiger partial charge is 0.377 e. The lowest BCUT2D eigenvalue weighted by Crippen LogP contribution is -2.25. The van der Waals surface area contributed by atoms with Crippen LogP contribution in [0, 0.1) is 0 Å². The Morgan fingerprint density at radius 3 is 2.63 bits per heavy atom. The second kappa shape index (κ2) is 6.36. The van der Waals surface area contributed by atoms with Crippen LogP contribution in [0.25, 0.3) is 0 Å². The van der Waals surface area contributed by atoms with Gasteiger partial charge in [0.25, 0.3) is 0 Å². The highest BCUT2D eigenvalue weighted by Crippen LogP contribution is 2.16. The number of anilines is 1. The summed E-state index contributed by atoms with van der Waals surface area (Å²) in [5.41, 5.74) is 7.15. The van der Waals surface area contributed by atoms with Crippen molar-refractivity contribution >= 4 is 15.7 Å². The molecular formula is C13H20N2O3S. The maximum Gasteiger partial charge on any atom is 0.235 e. The standard InChI is InChI=1S/C13H20N2O3S/c14-8-7-11-3-5-12(6-4-11)15-19(16,17)10-13-2-1-9-18-13/h3-6,13,15H,1-2,7-10,14H2. The zero-order valence-corrected chi connectivity index (χ0v) is 11.7. The molecule has 1 aliphatic heterocycles. The number of hydrogen-bond donors (Lipinski definition) is 2. The minimum Gasteiger partial charge on any atom is -0.377 e. The van der Waals surface area contributed by atoms with Gasteiger partial charge in [0.05, 0.1) is 11.9 Å². The Bertz CT molecular complexity index is 493. The first kappa shape index (κ1) is 14.3. The van der Waals surface area contributed by atoms with E-state index in [9.17, 15) is 8.42 Å². The molecule has 6 heteroatoms. The van der Waals surface area contributed by atoms with Crippen molar-refractivity contribution in [2.75, 3.05) is 23.6 Å². The Kier molecular flexibility index (Phi) is 4.79. The van der Waals surface area contributed by atoms with Crippen LogP contribution in [0.1, 0.15) is 18.4 Å². The number of sulfonamides is 1. The topological polar surface area (TPSA) is 81.4 Å². The predicted molar refractivity (Wildman–Crippen MR) is 75.6 cm³/mol. The van der Waals surface area contributed by atoms with Crippen LogP contribution in [0.2, 0.25) is 0 Å². The Morgan fingerprint density at radius 2 is 2.05 bits per heavy atom. The Labute approximate surface area is 114 Å². The molecule has 2 rings (SSSR count). The van der Waals surface area contributed by atoms with Gasteiger partial charge in [-0.2, -0.15) is 0 Å². The summed E-state index contributed by atoms with van der Waals surface area (Å²) in [5, 5.41) is 0. The van der Waals surface area contributed by atoms with E-state index in [-0.39, 0.29) is 11.9 Å². The molecule has 1 saturated heterocycles. The minimum atomic E-state index is -3.34. The van der Waals surface area contributed by atoms with Crippen molar-refractivity contribution < 1.29 is 13.2 Å². The SMILES string of the molecule is NCCc1ccc(NS(=O)(=O)CC2CCCO2)cc1. The van der Waals surface area contributed by atoms with Crippen molar-refractivity contribution in [3.63, 3.8) is 0 Å². The van der Waals surface area contributed by atoms with Gasteiger partial charge in [0, 0.05) is 12.3 Å². The van der Waals surface area contributed by atoms with E-state index in [1.807, 2.05) is 12.1 Å². The van der Waals surface area contributed by atoms with E-state index in [0.717, 1.165) is 24.8 Å². The molecule has 106 valence electrons. The molecule has 5 nitrogen and oxygen atoms in total. The van der Waals surface area contributed by atoms with Crippen LogP contribution < -0.4 is 10.5 Å². The van der Waals surface area contributed by atoms with Crippen molar-refractivity contribution in [1.82, 2.24) is 0 Å². The molecule has 0 amide bonds. The fourth-order valence-corrected chi connectivity index (χ4v) is 3.48.